The molecule has 172 valence electrons. The zero-order valence-electron chi connectivity index (χ0n) is 19.1. The van der Waals surface area contributed by atoms with Gasteiger partial charge in [0.15, 0.2) is 9.84 Å². The predicted molar refractivity (Wildman–Crippen MR) is 133 cm³/mol. The molecular formula is C24H30BrN2O4S+. The average Bonchev–Trinajstić information content (AvgIpc) is 3.26. The van der Waals surface area contributed by atoms with E-state index in [9.17, 15) is 8.42 Å². The number of rotatable bonds is 9. The van der Waals surface area contributed by atoms with Gasteiger partial charge in [-0.05, 0) is 59.3 Å². The maximum Gasteiger partial charge on any atom is 0.178 e. The zero-order valence-corrected chi connectivity index (χ0v) is 21.5. The van der Waals surface area contributed by atoms with Gasteiger partial charge in [0.1, 0.15) is 23.7 Å². The molecule has 3 rings (SSSR count). The summed E-state index contributed by atoms with van der Waals surface area (Å²) in [6.07, 6.45) is 0. The molecule has 0 bridgehead atoms. The van der Waals surface area contributed by atoms with E-state index in [2.05, 4.69) is 47.0 Å². The maximum absolute atomic E-state index is 12.5. The van der Waals surface area contributed by atoms with E-state index >= 15 is 0 Å². The smallest absolute Gasteiger partial charge is 0.178 e. The first-order chi connectivity index (χ1) is 15.2. The van der Waals surface area contributed by atoms with E-state index in [0.717, 1.165) is 30.2 Å². The number of hydrogen-bond acceptors (Lipinski definition) is 4. The van der Waals surface area contributed by atoms with Gasteiger partial charge in [-0.1, -0.05) is 6.92 Å². The van der Waals surface area contributed by atoms with E-state index in [-0.39, 0.29) is 10.6 Å². The highest BCUT2D eigenvalue weighted by Gasteiger charge is 2.25. The van der Waals surface area contributed by atoms with Gasteiger partial charge in [0.05, 0.1) is 48.6 Å². The molecule has 32 heavy (non-hydrogen) atoms. The van der Waals surface area contributed by atoms with Crippen molar-refractivity contribution in [3.05, 3.63) is 58.7 Å². The highest BCUT2D eigenvalue weighted by molar-refractivity contribution is 9.10. The largest absolute Gasteiger partial charge is 0.497 e. The summed E-state index contributed by atoms with van der Waals surface area (Å²) in [6.45, 7) is 5.45. The number of methoxy groups -OCH3 is 2. The number of nitrogens with zero attached hydrogens (tertiary/aromatic N) is 1. The lowest BCUT2D eigenvalue weighted by atomic mass is 10.1. The Bertz CT molecular complexity index is 1190. The zero-order chi connectivity index (χ0) is 23.5. The Morgan fingerprint density at radius 1 is 1.00 bits per heavy atom. The first-order valence-corrected chi connectivity index (χ1v) is 12.9. The van der Waals surface area contributed by atoms with Crippen LogP contribution < -0.4 is 14.0 Å². The molecule has 0 aliphatic carbocycles. The molecule has 0 aliphatic heterocycles. The number of H-pyrrole nitrogens is 1. The van der Waals surface area contributed by atoms with Gasteiger partial charge in [-0.3, -0.25) is 4.48 Å². The first kappa shape index (κ1) is 24.4. The normalized spacial score (nSPS) is 13.6. The van der Waals surface area contributed by atoms with Crippen molar-refractivity contribution < 1.29 is 17.9 Å². The summed E-state index contributed by atoms with van der Waals surface area (Å²) in [4.78, 5) is 3.74. The van der Waals surface area contributed by atoms with Gasteiger partial charge in [-0.2, -0.15) is 0 Å². The molecule has 6 nitrogen and oxygen atoms in total. The molecule has 0 fully saturated rings. The minimum absolute atomic E-state index is 0.0371. The van der Waals surface area contributed by atoms with Gasteiger partial charge in [0.2, 0.25) is 0 Å². The third-order valence-electron chi connectivity index (χ3n) is 5.91. The molecular weight excluding hydrogens is 492 g/mol. The standard InChI is InChI=1S/C24H30BrN2O4S/c1-6-27(3,18-9-11-19(30-4)12-10-18)16-17-8-13-23(26-17)21-14-20(32(28,29)7-2)15-22(25)24(21)31-5/h8-15,26H,6-7,16H2,1-5H3/q+1. The third kappa shape index (κ3) is 4.87. The molecule has 0 amide bonds. The molecule has 1 unspecified atom stereocenters. The van der Waals surface area contributed by atoms with Crippen LogP contribution in [0.4, 0.5) is 5.69 Å². The van der Waals surface area contributed by atoms with Gasteiger partial charge in [-0.15, -0.1) is 0 Å². The molecule has 2 aromatic carbocycles. The van der Waals surface area contributed by atoms with Crippen LogP contribution in [0.2, 0.25) is 0 Å². The topological polar surface area (TPSA) is 68.4 Å². The Labute approximate surface area is 198 Å². The molecule has 0 aliphatic rings. The molecule has 0 saturated heterocycles. The lowest BCUT2D eigenvalue weighted by Gasteiger charge is -2.32. The van der Waals surface area contributed by atoms with E-state index in [1.807, 2.05) is 24.3 Å². The van der Waals surface area contributed by atoms with Crippen LogP contribution in [-0.2, 0) is 16.4 Å². The second-order valence-electron chi connectivity index (χ2n) is 7.85. The number of aromatic nitrogens is 1. The van der Waals surface area contributed by atoms with Crippen molar-refractivity contribution in [1.82, 2.24) is 9.47 Å². The minimum Gasteiger partial charge on any atom is -0.497 e. The second-order valence-corrected chi connectivity index (χ2v) is 11.0. The van der Waals surface area contributed by atoms with Crippen LogP contribution in [0.5, 0.6) is 11.5 Å². The number of hydrogen-bond donors (Lipinski definition) is 1. The highest BCUT2D eigenvalue weighted by Crippen LogP contribution is 2.39. The summed E-state index contributed by atoms with van der Waals surface area (Å²) in [6, 6.07) is 15.4. The summed E-state index contributed by atoms with van der Waals surface area (Å²) in [7, 11) is 2.07. The lowest BCUT2D eigenvalue weighted by Crippen LogP contribution is -2.44. The summed E-state index contributed by atoms with van der Waals surface area (Å²) >= 11 is 3.47. The minimum atomic E-state index is -3.36. The number of halogens is 1. The molecule has 0 spiro atoms. The van der Waals surface area contributed by atoms with Gasteiger partial charge < -0.3 is 14.5 Å². The summed E-state index contributed by atoms with van der Waals surface area (Å²) in [5, 5.41) is 0. The van der Waals surface area contributed by atoms with Crippen molar-refractivity contribution in [2.24, 2.45) is 0 Å². The van der Waals surface area contributed by atoms with Crippen LogP contribution in [0.3, 0.4) is 0 Å². The number of nitrogens with one attached hydrogen (secondary N) is 1. The summed E-state index contributed by atoms with van der Waals surface area (Å²) in [5.74, 6) is 1.46. The van der Waals surface area contributed by atoms with Gasteiger partial charge in [-0.25, -0.2) is 8.42 Å². The molecule has 0 radical (unpaired) electrons. The lowest BCUT2D eigenvalue weighted by molar-refractivity contribution is 0.335. The van der Waals surface area contributed by atoms with Crippen molar-refractivity contribution in [3.63, 3.8) is 0 Å². The van der Waals surface area contributed by atoms with Crippen LogP contribution in [-0.4, -0.2) is 47.0 Å². The van der Waals surface area contributed by atoms with Crippen molar-refractivity contribution in [3.8, 4) is 22.8 Å². The number of benzene rings is 2. The Hall–Kier alpha value is -2.29. The Kier molecular flexibility index (Phi) is 7.37. The molecule has 1 aromatic heterocycles. The molecule has 1 atom stereocenters. The quantitative estimate of drug-likeness (QED) is 0.382. The van der Waals surface area contributed by atoms with Gasteiger partial charge >= 0.3 is 0 Å². The number of aromatic amines is 1. The molecule has 8 heteroatoms. The number of ether oxygens (including phenoxy) is 2. The average molecular weight is 522 g/mol. The highest BCUT2D eigenvalue weighted by atomic mass is 79.9. The van der Waals surface area contributed by atoms with Crippen molar-refractivity contribution >= 4 is 31.5 Å². The van der Waals surface area contributed by atoms with Crippen LogP contribution in [0.1, 0.15) is 19.5 Å². The van der Waals surface area contributed by atoms with E-state index in [0.29, 0.717) is 20.3 Å². The molecule has 0 saturated carbocycles. The Morgan fingerprint density at radius 2 is 1.69 bits per heavy atom. The summed E-state index contributed by atoms with van der Waals surface area (Å²) in [5.41, 5.74) is 3.74. The molecule has 1 N–H and O–H groups in total. The second kappa shape index (κ2) is 9.68. The summed E-state index contributed by atoms with van der Waals surface area (Å²) < 4.78 is 37.1. The van der Waals surface area contributed by atoms with E-state index in [1.165, 1.54) is 5.69 Å². The van der Waals surface area contributed by atoms with Crippen LogP contribution in [0.15, 0.2) is 57.9 Å². The maximum atomic E-state index is 12.5. The van der Waals surface area contributed by atoms with Crippen LogP contribution >= 0.6 is 15.9 Å². The fourth-order valence-electron chi connectivity index (χ4n) is 3.72. The number of quaternary nitrogens is 1. The SMILES string of the molecule is CC[N+](C)(Cc1ccc(-c2cc(S(=O)(=O)CC)cc(Br)c2OC)[nH]1)c1ccc(OC)cc1. The van der Waals surface area contributed by atoms with Crippen molar-refractivity contribution in [2.45, 2.75) is 25.3 Å². The van der Waals surface area contributed by atoms with Crippen molar-refractivity contribution in [1.29, 1.82) is 0 Å². The van der Waals surface area contributed by atoms with Crippen molar-refractivity contribution in [2.75, 3.05) is 33.6 Å². The third-order valence-corrected chi connectivity index (χ3v) is 8.21. The molecule has 1 heterocycles. The van der Waals surface area contributed by atoms with Crippen LogP contribution in [0, 0.1) is 0 Å². The van der Waals surface area contributed by atoms with Gasteiger partial charge in [0.25, 0.3) is 0 Å². The fraction of sp³-hybridized carbons (Fsp3) is 0.333. The fourth-order valence-corrected chi connectivity index (χ4v) is 5.42. The predicted octanol–water partition coefficient (Wildman–Crippen LogP) is 5.41. The number of sulfone groups is 1. The Balaban J connectivity index is 1.99. The van der Waals surface area contributed by atoms with Crippen LogP contribution in [0.25, 0.3) is 11.3 Å². The van der Waals surface area contributed by atoms with Gasteiger partial charge in [0, 0.05) is 23.4 Å². The van der Waals surface area contributed by atoms with E-state index < -0.39 is 9.84 Å². The molecule has 3 aromatic rings. The Morgan fingerprint density at radius 3 is 2.25 bits per heavy atom. The van der Waals surface area contributed by atoms with E-state index in [1.54, 1.807) is 33.3 Å². The monoisotopic (exact) mass is 521 g/mol. The van der Waals surface area contributed by atoms with E-state index in [4.69, 9.17) is 9.47 Å². The first-order valence-electron chi connectivity index (χ1n) is 10.4.